The second-order valence-electron chi connectivity index (χ2n) is 8.50. The van der Waals surface area contributed by atoms with Crippen molar-refractivity contribution in [3.8, 4) is 0 Å². The van der Waals surface area contributed by atoms with Crippen LogP contribution in [0.3, 0.4) is 0 Å². The third-order valence-corrected chi connectivity index (χ3v) is 6.24. The Labute approximate surface area is 181 Å². The molecular weight excluding hydrogens is 416 g/mol. The SMILES string of the molecule is CCC(CCCC[C@H]1O[C@H](CO)[C@@H](O)[C@H](O)[C@H]1O)COC[C@H]1O[C@H](O)[C@H](O)[C@@H](O)[C@@H]1O. The molecule has 11 nitrogen and oxygen atoms in total. The molecule has 2 heterocycles. The van der Waals surface area contributed by atoms with Crippen LogP contribution in [0.4, 0.5) is 0 Å². The van der Waals surface area contributed by atoms with E-state index in [0.29, 0.717) is 19.4 Å². The van der Waals surface area contributed by atoms with Crippen LogP contribution in [0.2, 0.25) is 0 Å². The van der Waals surface area contributed by atoms with E-state index in [1.165, 1.54) is 0 Å². The van der Waals surface area contributed by atoms with E-state index >= 15 is 0 Å². The van der Waals surface area contributed by atoms with E-state index in [9.17, 15) is 40.9 Å². The molecule has 31 heavy (non-hydrogen) atoms. The lowest BCUT2D eigenvalue weighted by Crippen LogP contribution is -2.58. The van der Waals surface area contributed by atoms with Gasteiger partial charge in [-0.1, -0.05) is 26.2 Å². The van der Waals surface area contributed by atoms with E-state index in [4.69, 9.17) is 14.2 Å². The molecule has 0 radical (unpaired) electrons. The van der Waals surface area contributed by atoms with Crippen LogP contribution in [0.15, 0.2) is 0 Å². The number of rotatable bonds is 11. The van der Waals surface area contributed by atoms with Gasteiger partial charge in [-0.05, 0) is 18.8 Å². The molecule has 0 saturated carbocycles. The third-order valence-electron chi connectivity index (χ3n) is 6.24. The molecule has 2 aliphatic rings. The number of aliphatic hydroxyl groups excluding tert-OH is 8. The Bertz CT molecular complexity index is 508. The van der Waals surface area contributed by atoms with Gasteiger partial charge in [0.2, 0.25) is 0 Å². The zero-order chi connectivity index (χ0) is 23.1. The molecule has 0 spiro atoms. The summed E-state index contributed by atoms with van der Waals surface area (Å²) in [5.74, 6) is 0.218. The number of unbranched alkanes of at least 4 members (excludes halogenated alkanes) is 1. The van der Waals surface area contributed by atoms with Gasteiger partial charge in [0, 0.05) is 6.61 Å². The second kappa shape index (κ2) is 12.7. The molecule has 0 aliphatic carbocycles. The second-order valence-corrected chi connectivity index (χ2v) is 8.50. The van der Waals surface area contributed by atoms with Crippen molar-refractivity contribution in [1.82, 2.24) is 0 Å². The van der Waals surface area contributed by atoms with Gasteiger partial charge in [0.05, 0.1) is 19.3 Å². The van der Waals surface area contributed by atoms with E-state index in [2.05, 4.69) is 0 Å². The minimum absolute atomic E-state index is 0.0383. The first-order valence-corrected chi connectivity index (χ1v) is 11.0. The number of aliphatic hydroxyl groups is 8. The van der Waals surface area contributed by atoms with Crippen LogP contribution >= 0.6 is 0 Å². The maximum atomic E-state index is 10.1. The predicted molar refractivity (Wildman–Crippen MR) is 106 cm³/mol. The lowest BCUT2D eigenvalue weighted by atomic mass is 9.91. The normalized spacial score (nSPS) is 42.5. The Morgan fingerprint density at radius 3 is 2.00 bits per heavy atom. The van der Waals surface area contributed by atoms with Gasteiger partial charge >= 0.3 is 0 Å². The molecule has 184 valence electrons. The topological polar surface area (TPSA) is 190 Å². The van der Waals surface area contributed by atoms with Crippen molar-refractivity contribution in [2.45, 2.75) is 100 Å². The quantitative estimate of drug-likeness (QED) is 0.151. The van der Waals surface area contributed by atoms with E-state index in [0.717, 1.165) is 19.3 Å². The van der Waals surface area contributed by atoms with E-state index in [1.54, 1.807) is 0 Å². The largest absolute Gasteiger partial charge is 0.394 e. The van der Waals surface area contributed by atoms with Crippen LogP contribution in [-0.4, -0.2) is 122 Å². The van der Waals surface area contributed by atoms with Crippen LogP contribution < -0.4 is 0 Å². The number of hydrogen-bond acceptors (Lipinski definition) is 11. The maximum absolute atomic E-state index is 10.1. The van der Waals surface area contributed by atoms with Gasteiger partial charge in [-0.15, -0.1) is 0 Å². The summed E-state index contributed by atoms with van der Waals surface area (Å²) in [6.45, 7) is 1.92. The maximum Gasteiger partial charge on any atom is 0.184 e. The fourth-order valence-electron chi connectivity index (χ4n) is 4.02. The highest BCUT2D eigenvalue weighted by atomic mass is 16.6. The van der Waals surface area contributed by atoms with E-state index in [1.807, 2.05) is 6.92 Å². The summed E-state index contributed by atoms with van der Waals surface area (Å²) in [6.07, 6.45) is -8.80. The smallest absolute Gasteiger partial charge is 0.184 e. The van der Waals surface area contributed by atoms with Crippen LogP contribution in [0.5, 0.6) is 0 Å². The molecule has 2 aliphatic heterocycles. The molecule has 0 amide bonds. The fraction of sp³-hybridized carbons (Fsp3) is 1.00. The van der Waals surface area contributed by atoms with Gasteiger partial charge in [-0.3, -0.25) is 0 Å². The molecule has 0 aromatic rings. The van der Waals surface area contributed by atoms with Crippen molar-refractivity contribution >= 4 is 0 Å². The summed E-state index contributed by atoms with van der Waals surface area (Å²) in [5.41, 5.74) is 0. The zero-order valence-electron chi connectivity index (χ0n) is 17.8. The number of hydrogen-bond donors (Lipinski definition) is 8. The summed E-state index contributed by atoms with van der Waals surface area (Å²) in [6, 6.07) is 0. The van der Waals surface area contributed by atoms with Gasteiger partial charge in [-0.2, -0.15) is 0 Å². The first kappa shape index (κ1) is 26.8. The number of ether oxygens (including phenoxy) is 3. The zero-order valence-corrected chi connectivity index (χ0v) is 17.8. The molecule has 11 atom stereocenters. The summed E-state index contributed by atoms with van der Waals surface area (Å²) >= 11 is 0. The van der Waals surface area contributed by atoms with Gasteiger partial charge in [0.15, 0.2) is 6.29 Å². The standard InChI is InChI=1S/C20H38O11/c1-2-10(8-29-9-13-16(24)18(26)19(27)20(28)31-13)5-3-4-6-11-14(22)17(25)15(23)12(7-21)30-11/h10-28H,2-9H2,1H3/t10?,11-,12-,13-,14+,15-,16-,17-,18+,19-,20+/m1/s1. The molecule has 0 aromatic heterocycles. The van der Waals surface area contributed by atoms with Gasteiger partial charge < -0.3 is 55.1 Å². The Morgan fingerprint density at radius 2 is 1.35 bits per heavy atom. The molecule has 2 saturated heterocycles. The van der Waals surface area contributed by atoms with Gasteiger partial charge in [-0.25, -0.2) is 0 Å². The molecule has 1 unspecified atom stereocenters. The van der Waals surface area contributed by atoms with Crippen molar-refractivity contribution in [3.63, 3.8) is 0 Å². The Balaban J connectivity index is 1.67. The van der Waals surface area contributed by atoms with Crippen molar-refractivity contribution < 1.29 is 55.1 Å². The van der Waals surface area contributed by atoms with Crippen LogP contribution in [0.25, 0.3) is 0 Å². The summed E-state index contributed by atoms with van der Waals surface area (Å²) in [5, 5.41) is 77.6. The van der Waals surface area contributed by atoms with E-state index < -0.39 is 67.8 Å². The monoisotopic (exact) mass is 454 g/mol. The van der Waals surface area contributed by atoms with Crippen molar-refractivity contribution in [3.05, 3.63) is 0 Å². The summed E-state index contributed by atoms with van der Waals surface area (Å²) in [7, 11) is 0. The molecule has 0 aromatic carbocycles. The van der Waals surface area contributed by atoms with Crippen LogP contribution in [-0.2, 0) is 14.2 Å². The van der Waals surface area contributed by atoms with Gasteiger partial charge in [0.25, 0.3) is 0 Å². The summed E-state index contributed by atoms with van der Waals surface area (Å²) in [4.78, 5) is 0. The minimum atomic E-state index is -1.59. The lowest BCUT2D eigenvalue weighted by Gasteiger charge is -2.40. The fourth-order valence-corrected chi connectivity index (χ4v) is 4.02. The average Bonchev–Trinajstić information content (AvgIpc) is 2.76. The van der Waals surface area contributed by atoms with Crippen molar-refractivity contribution in [2.75, 3.05) is 19.8 Å². The molecule has 0 bridgehead atoms. The third kappa shape index (κ3) is 7.02. The Morgan fingerprint density at radius 1 is 0.742 bits per heavy atom. The molecule has 8 N–H and O–H groups in total. The highest BCUT2D eigenvalue weighted by molar-refractivity contribution is 4.92. The Kier molecular flexibility index (Phi) is 11.0. The predicted octanol–water partition coefficient (Wildman–Crippen LogP) is -2.77. The highest BCUT2D eigenvalue weighted by Gasteiger charge is 2.44. The minimum Gasteiger partial charge on any atom is -0.394 e. The summed E-state index contributed by atoms with van der Waals surface area (Å²) < 4.78 is 16.2. The molecule has 11 heteroatoms. The molecular formula is C20H38O11. The van der Waals surface area contributed by atoms with Crippen LogP contribution in [0.1, 0.15) is 39.0 Å². The molecule has 2 rings (SSSR count). The first-order chi connectivity index (χ1) is 14.7. The average molecular weight is 455 g/mol. The van der Waals surface area contributed by atoms with Crippen molar-refractivity contribution in [1.29, 1.82) is 0 Å². The Hall–Kier alpha value is -0.440. The molecule has 2 fully saturated rings. The van der Waals surface area contributed by atoms with Crippen molar-refractivity contribution in [2.24, 2.45) is 5.92 Å². The van der Waals surface area contributed by atoms with E-state index in [-0.39, 0.29) is 12.5 Å². The van der Waals surface area contributed by atoms with Crippen LogP contribution in [0, 0.1) is 5.92 Å². The van der Waals surface area contributed by atoms with Gasteiger partial charge in [0.1, 0.15) is 48.8 Å². The highest BCUT2D eigenvalue weighted by Crippen LogP contribution is 2.26. The lowest BCUT2D eigenvalue weighted by molar-refractivity contribution is -0.289. The first-order valence-electron chi connectivity index (χ1n) is 11.0.